The third-order valence-corrected chi connectivity index (χ3v) is 5.99. The molecule has 4 rings (SSSR count). The lowest BCUT2D eigenvalue weighted by molar-refractivity contribution is -0.127. The highest BCUT2D eigenvalue weighted by Crippen LogP contribution is 2.16. The molecular formula is C25H33N5O5. The van der Waals surface area contributed by atoms with E-state index in [1.54, 1.807) is 36.0 Å². The summed E-state index contributed by atoms with van der Waals surface area (Å²) >= 11 is 0. The van der Waals surface area contributed by atoms with Gasteiger partial charge in [-0.1, -0.05) is 30.3 Å². The average Bonchev–Trinajstić information content (AvgIpc) is 3.49. The van der Waals surface area contributed by atoms with Gasteiger partial charge >= 0.3 is 0 Å². The highest BCUT2D eigenvalue weighted by atomic mass is 16.5. The molecule has 1 aliphatic heterocycles. The Hall–Kier alpha value is -4.21. The Morgan fingerprint density at radius 2 is 2.03 bits per heavy atom. The van der Waals surface area contributed by atoms with Gasteiger partial charge in [-0.2, -0.15) is 0 Å². The van der Waals surface area contributed by atoms with Gasteiger partial charge in [-0.3, -0.25) is 14.4 Å². The van der Waals surface area contributed by atoms with E-state index in [0.717, 1.165) is 5.56 Å². The Bertz CT molecular complexity index is 1240. The van der Waals surface area contributed by atoms with Gasteiger partial charge in [0, 0.05) is 29.4 Å². The minimum Gasteiger partial charge on any atom is -0.495 e. The first kappa shape index (κ1) is 23.9. The molecule has 0 saturated carbocycles. The number of hydrogen-bond donors (Lipinski definition) is 3. The molecule has 3 aromatic rings. The van der Waals surface area contributed by atoms with E-state index >= 15 is 0 Å². The first-order valence-corrected chi connectivity index (χ1v) is 11.4. The molecule has 188 valence electrons. The zero-order valence-electron chi connectivity index (χ0n) is 19.3. The van der Waals surface area contributed by atoms with E-state index in [-0.39, 0.29) is 34.6 Å². The van der Waals surface area contributed by atoms with E-state index in [4.69, 9.17) is 4.74 Å². The summed E-state index contributed by atoms with van der Waals surface area (Å²) in [6.45, 7) is 0.556. The maximum absolute atomic E-state index is 13.2. The molecule has 1 aromatic carbocycles. The SMILES string of the molecule is COc1ccc2nc(C(=O)N[C@@H](Cc3ccccc3)C(=O)N[C@H](C=O)CC3CCNC3=O)cn2c1.[HH].[HH].[HH]. The smallest absolute Gasteiger partial charge is 0.272 e. The molecule has 0 bridgehead atoms. The number of ether oxygens (including phenoxy) is 1. The van der Waals surface area contributed by atoms with Crippen molar-refractivity contribution in [1.82, 2.24) is 25.3 Å². The van der Waals surface area contributed by atoms with Crippen molar-refractivity contribution in [3.05, 3.63) is 66.1 Å². The Labute approximate surface area is 206 Å². The molecule has 0 aliphatic carbocycles. The van der Waals surface area contributed by atoms with Crippen LogP contribution in [-0.2, 0) is 20.8 Å². The Balaban J connectivity index is 0.00000241. The molecule has 3 N–H and O–H groups in total. The molecule has 3 heterocycles. The Morgan fingerprint density at radius 1 is 1.23 bits per heavy atom. The van der Waals surface area contributed by atoms with Gasteiger partial charge < -0.3 is 29.9 Å². The number of aldehydes is 1. The predicted octanol–water partition coefficient (Wildman–Crippen LogP) is 1.63. The lowest BCUT2D eigenvalue weighted by Crippen LogP contribution is -2.51. The van der Waals surface area contributed by atoms with Gasteiger partial charge in [0.05, 0.1) is 19.3 Å². The summed E-state index contributed by atoms with van der Waals surface area (Å²) in [5, 5.41) is 8.17. The summed E-state index contributed by atoms with van der Waals surface area (Å²) in [5.74, 6) is -0.880. The molecule has 2 aromatic heterocycles. The van der Waals surface area contributed by atoms with Crippen LogP contribution in [-0.4, -0.2) is 59.1 Å². The summed E-state index contributed by atoms with van der Waals surface area (Å²) < 4.78 is 6.86. The van der Waals surface area contributed by atoms with Crippen LogP contribution in [0.1, 0.15) is 33.2 Å². The van der Waals surface area contributed by atoms with Crippen LogP contribution in [0.4, 0.5) is 0 Å². The van der Waals surface area contributed by atoms with Crippen molar-refractivity contribution in [2.45, 2.75) is 31.3 Å². The van der Waals surface area contributed by atoms with Gasteiger partial charge in [0.15, 0.2) is 0 Å². The number of amides is 3. The second-order valence-corrected chi connectivity index (χ2v) is 8.44. The van der Waals surface area contributed by atoms with Gasteiger partial charge in [0.1, 0.15) is 29.4 Å². The molecule has 0 radical (unpaired) electrons. The maximum atomic E-state index is 13.2. The quantitative estimate of drug-likeness (QED) is 0.376. The fourth-order valence-electron chi connectivity index (χ4n) is 4.10. The monoisotopic (exact) mass is 483 g/mol. The number of aromatic nitrogens is 2. The second-order valence-electron chi connectivity index (χ2n) is 8.44. The molecule has 1 fully saturated rings. The van der Waals surface area contributed by atoms with Gasteiger partial charge in [-0.05, 0) is 30.5 Å². The number of nitrogens with one attached hydrogen (secondary N) is 3. The minimum absolute atomic E-state index is 0. The van der Waals surface area contributed by atoms with Gasteiger partial charge in [-0.25, -0.2) is 4.98 Å². The van der Waals surface area contributed by atoms with Crippen LogP contribution in [0.3, 0.4) is 0 Å². The van der Waals surface area contributed by atoms with E-state index in [1.807, 2.05) is 30.3 Å². The molecule has 1 aliphatic rings. The summed E-state index contributed by atoms with van der Waals surface area (Å²) in [6.07, 6.45) is 4.91. The maximum Gasteiger partial charge on any atom is 0.272 e. The third-order valence-electron chi connectivity index (χ3n) is 5.99. The molecule has 3 atom stereocenters. The van der Waals surface area contributed by atoms with Crippen LogP contribution in [0.2, 0.25) is 0 Å². The Morgan fingerprint density at radius 3 is 2.71 bits per heavy atom. The van der Waals surface area contributed by atoms with Crippen molar-refractivity contribution >= 4 is 29.7 Å². The van der Waals surface area contributed by atoms with Gasteiger partial charge in [-0.15, -0.1) is 0 Å². The van der Waals surface area contributed by atoms with Crippen molar-refractivity contribution in [2.75, 3.05) is 13.7 Å². The molecule has 10 heteroatoms. The molecule has 10 nitrogen and oxygen atoms in total. The number of nitrogens with zero attached hydrogens (tertiary/aromatic N) is 2. The molecule has 0 spiro atoms. The van der Waals surface area contributed by atoms with Crippen LogP contribution < -0.4 is 20.7 Å². The third kappa shape index (κ3) is 5.84. The van der Waals surface area contributed by atoms with Gasteiger partial charge in [0.2, 0.25) is 11.8 Å². The highest BCUT2D eigenvalue weighted by molar-refractivity contribution is 5.97. The van der Waals surface area contributed by atoms with Crippen LogP contribution in [0, 0.1) is 5.92 Å². The average molecular weight is 484 g/mol. The lowest BCUT2D eigenvalue weighted by Gasteiger charge is -2.21. The largest absolute Gasteiger partial charge is 0.495 e. The van der Waals surface area contributed by atoms with Crippen molar-refractivity contribution < 1.29 is 28.2 Å². The van der Waals surface area contributed by atoms with Crippen molar-refractivity contribution in [2.24, 2.45) is 5.92 Å². The van der Waals surface area contributed by atoms with Crippen LogP contribution in [0.15, 0.2) is 54.9 Å². The number of rotatable bonds is 10. The predicted molar refractivity (Wildman–Crippen MR) is 133 cm³/mol. The molecular weight excluding hydrogens is 450 g/mol. The van der Waals surface area contributed by atoms with Crippen LogP contribution >= 0.6 is 0 Å². The highest BCUT2D eigenvalue weighted by Gasteiger charge is 2.30. The van der Waals surface area contributed by atoms with E-state index in [0.29, 0.717) is 30.6 Å². The summed E-state index contributed by atoms with van der Waals surface area (Å²) in [5.41, 5.74) is 1.53. The summed E-state index contributed by atoms with van der Waals surface area (Å²) in [6, 6.07) is 10.9. The fourth-order valence-corrected chi connectivity index (χ4v) is 4.10. The van der Waals surface area contributed by atoms with Crippen molar-refractivity contribution in [3.63, 3.8) is 0 Å². The van der Waals surface area contributed by atoms with E-state index in [9.17, 15) is 19.2 Å². The number of methoxy groups -OCH3 is 1. The lowest BCUT2D eigenvalue weighted by atomic mass is 9.98. The van der Waals surface area contributed by atoms with Crippen molar-refractivity contribution in [1.29, 1.82) is 0 Å². The number of carbonyl (C=O) groups is 4. The molecule has 1 unspecified atom stereocenters. The fraction of sp³-hybridized carbons (Fsp3) is 0.320. The standard InChI is InChI=1S/C25H27N5O5.3H2/c1-35-19-7-8-22-28-21(14-30(22)13-19)25(34)29-20(11-16-5-3-2-4-6-16)24(33)27-18(15-31)12-17-9-10-26-23(17)32;;;/h2-8,13-15,17-18,20H,9-12H2,1H3,(H,26,32)(H,27,33)(H,29,34);3*1H/t17?,18-,20-;;;/m0.../s1. The molecule has 3 amide bonds. The van der Waals surface area contributed by atoms with E-state index < -0.39 is 23.9 Å². The number of pyridine rings is 1. The number of imidazole rings is 1. The van der Waals surface area contributed by atoms with Crippen LogP contribution in [0.25, 0.3) is 5.65 Å². The first-order chi connectivity index (χ1) is 17.0. The van der Waals surface area contributed by atoms with E-state index in [1.165, 1.54) is 0 Å². The van der Waals surface area contributed by atoms with Crippen molar-refractivity contribution in [3.8, 4) is 5.75 Å². The number of benzene rings is 1. The summed E-state index contributed by atoms with van der Waals surface area (Å²) in [7, 11) is 1.55. The normalized spacial score (nSPS) is 16.8. The topological polar surface area (TPSA) is 131 Å². The molecule has 1 saturated heterocycles. The zero-order chi connectivity index (χ0) is 24.8. The second kappa shape index (κ2) is 10.8. The minimum atomic E-state index is -0.955. The van der Waals surface area contributed by atoms with Gasteiger partial charge in [0.25, 0.3) is 5.91 Å². The first-order valence-electron chi connectivity index (χ1n) is 11.4. The number of hydrogen-bond acceptors (Lipinski definition) is 6. The van der Waals surface area contributed by atoms with E-state index in [2.05, 4.69) is 20.9 Å². The zero-order valence-corrected chi connectivity index (χ0v) is 19.3. The summed E-state index contributed by atoms with van der Waals surface area (Å²) in [4.78, 5) is 54.1. The number of carbonyl (C=O) groups excluding carboxylic acids is 4. The Kier molecular flexibility index (Phi) is 7.39. The number of fused-ring (bicyclic) bond motifs is 1. The molecule has 35 heavy (non-hydrogen) atoms. The van der Waals surface area contributed by atoms with Crippen LogP contribution in [0.5, 0.6) is 5.75 Å².